The molecule has 2 unspecified atom stereocenters. The minimum Gasteiger partial charge on any atom is -0.457 e. The SMILES string of the molecule is O=C(Nc1cccnc1)N1CC2CCN(Cc3cccc(Oc4ccc(Cl)cc4)c3)CC2C1. The van der Waals surface area contributed by atoms with Gasteiger partial charge < -0.3 is 15.0 Å². The fourth-order valence-corrected chi connectivity index (χ4v) is 4.92. The zero-order valence-corrected chi connectivity index (χ0v) is 19.1. The van der Waals surface area contributed by atoms with Gasteiger partial charge in [0.2, 0.25) is 0 Å². The van der Waals surface area contributed by atoms with Crippen molar-refractivity contribution in [3.05, 3.63) is 83.6 Å². The standard InChI is InChI=1S/C26H27ClN4O2/c27-22-6-8-24(9-7-22)33-25-5-1-3-19(13-25)15-30-12-10-20-17-31(18-21(20)16-30)26(32)29-23-4-2-11-28-14-23/h1-9,11,13-14,20-21H,10,12,15-18H2,(H,29,32). The predicted octanol–water partition coefficient (Wildman–Crippen LogP) is 5.51. The molecule has 3 heterocycles. The van der Waals surface area contributed by atoms with Crippen molar-refractivity contribution in [1.82, 2.24) is 14.8 Å². The van der Waals surface area contributed by atoms with Crippen molar-refractivity contribution in [2.45, 2.75) is 13.0 Å². The van der Waals surface area contributed by atoms with Crippen molar-refractivity contribution in [3.8, 4) is 11.5 Å². The molecule has 0 bridgehead atoms. The number of nitrogens with zero attached hydrogens (tertiary/aromatic N) is 3. The normalized spacial score (nSPS) is 20.3. The third-order valence-corrected chi connectivity index (χ3v) is 6.69. The number of aromatic nitrogens is 1. The number of halogens is 1. The van der Waals surface area contributed by atoms with E-state index in [4.69, 9.17) is 16.3 Å². The molecule has 2 aliphatic heterocycles. The molecule has 2 fully saturated rings. The van der Waals surface area contributed by atoms with Gasteiger partial charge in [-0.15, -0.1) is 0 Å². The van der Waals surface area contributed by atoms with Gasteiger partial charge in [0.1, 0.15) is 11.5 Å². The first-order valence-electron chi connectivity index (χ1n) is 11.3. The van der Waals surface area contributed by atoms with E-state index in [1.807, 2.05) is 53.4 Å². The van der Waals surface area contributed by atoms with Crippen LogP contribution < -0.4 is 10.1 Å². The molecule has 33 heavy (non-hydrogen) atoms. The van der Waals surface area contributed by atoms with Crippen molar-refractivity contribution < 1.29 is 9.53 Å². The van der Waals surface area contributed by atoms with Crippen molar-refractivity contribution in [1.29, 1.82) is 0 Å². The molecule has 0 saturated carbocycles. The number of carbonyl (C=O) groups excluding carboxylic acids is 1. The Labute approximate surface area is 199 Å². The molecule has 7 heteroatoms. The van der Waals surface area contributed by atoms with Crippen molar-refractivity contribution >= 4 is 23.3 Å². The number of amides is 2. The van der Waals surface area contributed by atoms with Crippen LogP contribution in [-0.2, 0) is 6.54 Å². The lowest BCUT2D eigenvalue weighted by Gasteiger charge is -2.34. The summed E-state index contributed by atoms with van der Waals surface area (Å²) in [5.74, 6) is 2.67. The van der Waals surface area contributed by atoms with E-state index in [1.54, 1.807) is 12.4 Å². The molecule has 0 aliphatic carbocycles. The molecule has 1 N–H and O–H groups in total. The average Bonchev–Trinajstić information content (AvgIpc) is 3.25. The summed E-state index contributed by atoms with van der Waals surface area (Å²) >= 11 is 5.96. The second-order valence-corrected chi connectivity index (χ2v) is 9.26. The van der Waals surface area contributed by atoms with Gasteiger partial charge in [-0.05, 0) is 78.9 Å². The summed E-state index contributed by atoms with van der Waals surface area (Å²) in [4.78, 5) is 21.2. The quantitative estimate of drug-likeness (QED) is 0.543. The number of likely N-dealkylation sites (tertiary alicyclic amines) is 2. The monoisotopic (exact) mass is 462 g/mol. The maximum Gasteiger partial charge on any atom is 0.321 e. The summed E-state index contributed by atoms with van der Waals surface area (Å²) in [5, 5.41) is 3.66. The lowest BCUT2D eigenvalue weighted by molar-refractivity contribution is 0.142. The van der Waals surface area contributed by atoms with E-state index in [9.17, 15) is 4.79 Å². The highest BCUT2D eigenvalue weighted by Crippen LogP contribution is 2.32. The summed E-state index contributed by atoms with van der Waals surface area (Å²) in [7, 11) is 0. The van der Waals surface area contributed by atoms with Gasteiger partial charge in [-0.3, -0.25) is 9.88 Å². The van der Waals surface area contributed by atoms with Crippen LogP contribution in [0.15, 0.2) is 73.1 Å². The molecule has 1 aromatic heterocycles. The Morgan fingerprint density at radius 1 is 1.03 bits per heavy atom. The smallest absolute Gasteiger partial charge is 0.321 e. The molecule has 2 aromatic carbocycles. The number of carbonyl (C=O) groups is 1. The lowest BCUT2D eigenvalue weighted by atomic mass is 9.88. The minimum absolute atomic E-state index is 0.0315. The Bertz CT molecular complexity index is 1090. The second kappa shape index (κ2) is 9.81. The Hall–Kier alpha value is -3.09. The average molecular weight is 463 g/mol. The number of fused-ring (bicyclic) bond motifs is 1. The zero-order chi connectivity index (χ0) is 22.6. The zero-order valence-electron chi connectivity index (χ0n) is 18.4. The van der Waals surface area contributed by atoms with Crippen LogP contribution in [0.2, 0.25) is 5.02 Å². The number of ether oxygens (including phenoxy) is 1. The van der Waals surface area contributed by atoms with Gasteiger partial charge in [0.15, 0.2) is 0 Å². The molecule has 0 spiro atoms. The van der Waals surface area contributed by atoms with Crippen LogP contribution in [0.1, 0.15) is 12.0 Å². The minimum atomic E-state index is -0.0315. The maximum atomic E-state index is 12.7. The van der Waals surface area contributed by atoms with E-state index < -0.39 is 0 Å². The van der Waals surface area contributed by atoms with E-state index in [1.165, 1.54) is 5.56 Å². The molecule has 2 atom stereocenters. The maximum absolute atomic E-state index is 12.7. The van der Waals surface area contributed by atoms with Crippen molar-refractivity contribution in [3.63, 3.8) is 0 Å². The van der Waals surface area contributed by atoms with Crippen LogP contribution >= 0.6 is 11.6 Å². The van der Waals surface area contributed by atoms with Crippen LogP contribution in [0.3, 0.4) is 0 Å². The van der Waals surface area contributed by atoms with E-state index in [-0.39, 0.29) is 6.03 Å². The molecule has 2 aliphatic rings. The van der Waals surface area contributed by atoms with Gasteiger partial charge in [0, 0.05) is 37.4 Å². The molecule has 0 radical (unpaired) electrons. The number of hydrogen-bond donors (Lipinski definition) is 1. The summed E-state index contributed by atoms with van der Waals surface area (Å²) < 4.78 is 5.99. The molecule has 6 nitrogen and oxygen atoms in total. The number of hydrogen-bond acceptors (Lipinski definition) is 4. The molecule has 5 rings (SSSR count). The molecule has 170 valence electrons. The Kier molecular flexibility index (Phi) is 6.46. The highest BCUT2D eigenvalue weighted by atomic mass is 35.5. The van der Waals surface area contributed by atoms with Crippen LogP contribution in [0, 0.1) is 11.8 Å². The highest BCUT2D eigenvalue weighted by molar-refractivity contribution is 6.30. The molecule has 2 saturated heterocycles. The van der Waals surface area contributed by atoms with Crippen LogP contribution in [0.25, 0.3) is 0 Å². The largest absolute Gasteiger partial charge is 0.457 e. The van der Waals surface area contributed by atoms with Gasteiger partial charge >= 0.3 is 6.03 Å². The number of anilines is 1. The summed E-state index contributed by atoms with van der Waals surface area (Å²) in [6, 6.07) is 19.3. The van der Waals surface area contributed by atoms with E-state index in [0.717, 1.165) is 56.3 Å². The van der Waals surface area contributed by atoms with E-state index in [2.05, 4.69) is 27.3 Å². The van der Waals surface area contributed by atoms with E-state index >= 15 is 0 Å². The number of benzene rings is 2. The number of urea groups is 1. The Morgan fingerprint density at radius 2 is 1.88 bits per heavy atom. The first-order chi connectivity index (χ1) is 16.1. The third kappa shape index (κ3) is 5.46. The van der Waals surface area contributed by atoms with Crippen LogP contribution in [0.4, 0.5) is 10.5 Å². The number of piperidine rings is 1. The van der Waals surface area contributed by atoms with Gasteiger partial charge in [0.25, 0.3) is 0 Å². The molecule has 2 amide bonds. The highest BCUT2D eigenvalue weighted by Gasteiger charge is 2.38. The summed E-state index contributed by atoms with van der Waals surface area (Å²) in [5.41, 5.74) is 1.96. The second-order valence-electron chi connectivity index (χ2n) is 8.82. The topological polar surface area (TPSA) is 57.7 Å². The van der Waals surface area contributed by atoms with Crippen LogP contribution in [-0.4, -0.2) is 47.0 Å². The lowest BCUT2D eigenvalue weighted by Crippen LogP contribution is -2.39. The van der Waals surface area contributed by atoms with Gasteiger partial charge in [0.05, 0.1) is 11.9 Å². The molecular weight excluding hydrogens is 436 g/mol. The van der Waals surface area contributed by atoms with Crippen molar-refractivity contribution in [2.24, 2.45) is 11.8 Å². The fraction of sp³-hybridized carbons (Fsp3) is 0.308. The number of nitrogens with one attached hydrogen (secondary N) is 1. The summed E-state index contributed by atoms with van der Waals surface area (Å²) in [6.45, 7) is 4.55. The van der Waals surface area contributed by atoms with Crippen LogP contribution in [0.5, 0.6) is 11.5 Å². The van der Waals surface area contributed by atoms with Gasteiger partial charge in [-0.25, -0.2) is 4.79 Å². The molecular formula is C26H27ClN4O2. The van der Waals surface area contributed by atoms with Gasteiger partial charge in [-0.1, -0.05) is 23.7 Å². The van der Waals surface area contributed by atoms with Gasteiger partial charge in [-0.2, -0.15) is 0 Å². The third-order valence-electron chi connectivity index (χ3n) is 6.44. The molecule has 3 aromatic rings. The van der Waals surface area contributed by atoms with E-state index in [0.29, 0.717) is 16.9 Å². The predicted molar refractivity (Wildman–Crippen MR) is 130 cm³/mol. The first kappa shape index (κ1) is 21.7. The first-order valence-corrected chi connectivity index (χ1v) is 11.7. The Morgan fingerprint density at radius 3 is 2.70 bits per heavy atom. The summed E-state index contributed by atoms with van der Waals surface area (Å²) in [6.07, 6.45) is 4.49. The Balaban J connectivity index is 1.16. The number of pyridine rings is 1. The van der Waals surface area contributed by atoms with Crippen molar-refractivity contribution in [2.75, 3.05) is 31.5 Å². The fourth-order valence-electron chi connectivity index (χ4n) is 4.80. The number of rotatable bonds is 5.